The molecule has 0 saturated carbocycles. The van der Waals surface area contributed by atoms with E-state index in [4.69, 9.17) is 28.4 Å². The van der Waals surface area contributed by atoms with E-state index in [1.54, 1.807) is 27.7 Å². The van der Waals surface area contributed by atoms with Gasteiger partial charge in [-0.1, -0.05) is 0 Å². The molecule has 0 aromatic rings. The summed E-state index contributed by atoms with van der Waals surface area (Å²) in [6, 6.07) is 3.94. The molecule has 0 N–H and O–H groups in total. The highest BCUT2D eigenvalue weighted by Gasteiger charge is 2.76. The Morgan fingerprint density at radius 1 is 1.00 bits per heavy atom. The summed E-state index contributed by atoms with van der Waals surface area (Å²) in [5.41, 5.74) is -3.71. The number of carbonyl (C=O) groups excluding carboxylic acids is 2. The molecule has 0 aromatic heterocycles. The lowest BCUT2D eigenvalue weighted by Gasteiger charge is -2.60. The van der Waals surface area contributed by atoms with Gasteiger partial charge in [-0.3, -0.25) is 4.79 Å². The van der Waals surface area contributed by atoms with Crippen LogP contribution in [0.2, 0.25) is 0 Å². The molecule has 1 saturated heterocycles. The van der Waals surface area contributed by atoms with Crippen LogP contribution in [0.5, 0.6) is 0 Å². The van der Waals surface area contributed by atoms with Crippen molar-refractivity contribution in [1.29, 1.82) is 10.5 Å². The van der Waals surface area contributed by atoms with Gasteiger partial charge in [0.1, 0.15) is 17.6 Å². The fourth-order valence-corrected chi connectivity index (χ4v) is 4.71. The van der Waals surface area contributed by atoms with E-state index in [1.807, 2.05) is 6.07 Å². The summed E-state index contributed by atoms with van der Waals surface area (Å²) in [6.45, 7) is 7.29. The minimum absolute atomic E-state index is 0.0265. The second-order valence-corrected chi connectivity index (χ2v) is 7.31. The van der Waals surface area contributed by atoms with Gasteiger partial charge in [-0.15, -0.1) is 0 Å². The van der Waals surface area contributed by atoms with Gasteiger partial charge in [0.2, 0.25) is 6.29 Å². The van der Waals surface area contributed by atoms with E-state index >= 15 is 0 Å². The van der Waals surface area contributed by atoms with Crippen molar-refractivity contribution >= 4 is 11.9 Å². The van der Waals surface area contributed by atoms with Crippen LogP contribution in [0.3, 0.4) is 0 Å². The SMILES string of the molecule is CCOC(=O)C1=C[C@@]2(C#N)O[C@H](OCC)[C@H]1[C@@H]1[C@@H](OCC)OC(C#N)=C[C@@]12C(=O)OCC. The van der Waals surface area contributed by atoms with Gasteiger partial charge in [0.15, 0.2) is 17.7 Å². The van der Waals surface area contributed by atoms with Crippen molar-refractivity contribution in [3.63, 3.8) is 0 Å². The van der Waals surface area contributed by atoms with Crippen LogP contribution in [0, 0.1) is 39.9 Å². The van der Waals surface area contributed by atoms with Crippen molar-refractivity contribution in [2.24, 2.45) is 17.3 Å². The summed E-state index contributed by atoms with van der Waals surface area (Å²) in [4.78, 5) is 26.4. The van der Waals surface area contributed by atoms with Crippen LogP contribution in [0.25, 0.3) is 0 Å². The summed E-state index contributed by atoms with van der Waals surface area (Å²) in [7, 11) is 0. The van der Waals surface area contributed by atoms with Gasteiger partial charge in [-0.25, -0.2) is 4.79 Å². The number of nitrogens with zero attached hydrogens (tertiary/aromatic N) is 2. The summed E-state index contributed by atoms with van der Waals surface area (Å²) in [6.07, 6.45) is 0.340. The number of nitriles is 2. The van der Waals surface area contributed by atoms with Crippen molar-refractivity contribution in [2.45, 2.75) is 45.9 Å². The third-order valence-corrected chi connectivity index (χ3v) is 5.80. The topological polar surface area (TPSA) is 137 Å². The fourth-order valence-electron chi connectivity index (χ4n) is 4.71. The molecule has 4 rings (SSSR count). The number of hydrogen-bond donors (Lipinski definition) is 0. The van der Waals surface area contributed by atoms with Crippen LogP contribution in [-0.4, -0.2) is 56.5 Å². The standard InChI is InChI=1S/C22H26N2O8/c1-5-27-17(25)14-10-21(12-24)22(20(26)30-8-4)9-13(11-23)31-19(29-7-3)16(22)15(14)18(32-21)28-6-2/h9-10,15-16,18-19H,5-8H2,1-4H3/t15-,16-,18+,19+,21+,22+/m1/s1. The highest BCUT2D eigenvalue weighted by Crippen LogP contribution is 2.62. The normalized spacial score (nSPS) is 34.7. The molecule has 0 spiro atoms. The molecule has 10 heteroatoms. The van der Waals surface area contributed by atoms with E-state index in [-0.39, 0.29) is 37.8 Å². The third-order valence-electron chi connectivity index (χ3n) is 5.80. The monoisotopic (exact) mass is 446 g/mol. The number of fused-ring (bicyclic) bond motifs is 1. The lowest BCUT2D eigenvalue weighted by molar-refractivity contribution is -0.321. The average Bonchev–Trinajstić information content (AvgIpc) is 2.79. The van der Waals surface area contributed by atoms with E-state index in [0.29, 0.717) is 0 Å². The van der Waals surface area contributed by atoms with Gasteiger partial charge in [-0.05, 0) is 39.8 Å². The summed E-state index contributed by atoms with van der Waals surface area (Å²) >= 11 is 0. The average molecular weight is 446 g/mol. The van der Waals surface area contributed by atoms with Crippen molar-refractivity contribution < 1.29 is 38.0 Å². The first-order valence-corrected chi connectivity index (χ1v) is 10.6. The molecule has 0 aromatic carbocycles. The molecule has 3 aliphatic heterocycles. The van der Waals surface area contributed by atoms with Crippen LogP contribution < -0.4 is 0 Å². The highest BCUT2D eigenvalue weighted by atomic mass is 16.7. The van der Waals surface area contributed by atoms with Gasteiger partial charge in [0, 0.05) is 18.8 Å². The first-order valence-electron chi connectivity index (χ1n) is 10.6. The molecule has 172 valence electrons. The molecule has 0 unspecified atom stereocenters. The smallest absolute Gasteiger partial charge is 0.334 e. The number of allylic oxidation sites excluding steroid dienone is 1. The Morgan fingerprint density at radius 2 is 1.66 bits per heavy atom. The molecule has 1 aliphatic carbocycles. The van der Waals surface area contributed by atoms with Crippen LogP contribution in [0.1, 0.15) is 27.7 Å². The van der Waals surface area contributed by atoms with E-state index in [2.05, 4.69) is 6.07 Å². The van der Waals surface area contributed by atoms with Crippen LogP contribution >= 0.6 is 0 Å². The molecule has 6 atom stereocenters. The molecule has 32 heavy (non-hydrogen) atoms. The number of hydrogen-bond acceptors (Lipinski definition) is 10. The van der Waals surface area contributed by atoms with E-state index < -0.39 is 47.4 Å². The Labute approximate surface area is 186 Å². The zero-order valence-corrected chi connectivity index (χ0v) is 18.5. The number of ether oxygens (including phenoxy) is 6. The zero-order chi connectivity index (χ0) is 23.5. The number of esters is 2. The Bertz CT molecular complexity index is 916. The summed E-state index contributed by atoms with van der Waals surface area (Å²) in [5, 5.41) is 19.9. The lowest BCUT2D eigenvalue weighted by atomic mass is 9.51. The predicted octanol–water partition coefficient (Wildman–Crippen LogP) is 1.73. The third kappa shape index (κ3) is 3.36. The minimum Gasteiger partial charge on any atom is -0.465 e. The molecule has 3 heterocycles. The maximum absolute atomic E-state index is 13.5. The molecule has 0 radical (unpaired) electrons. The Hall–Kier alpha value is -2.92. The largest absolute Gasteiger partial charge is 0.465 e. The predicted molar refractivity (Wildman–Crippen MR) is 106 cm³/mol. The van der Waals surface area contributed by atoms with Crippen molar-refractivity contribution in [3.8, 4) is 12.1 Å². The van der Waals surface area contributed by atoms with E-state index in [1.165, 1.54) is 12.2 Å². The van der Waals surface area contributed by atoms with Crippen molar-refractivity contribution in [3.05, 3.63) is 23.5 Å². The quantitative estimate of drug-likeness (QED) is 0.507. The lowest BCUT2D eigenvalue weighted by Crippen LogP contribution is -2.72. The molecular weight excluding hydrogens is 420 g/mol. The maximum Gasteiger partial charge on any atom is 0.334 e. The maximum atomic E-state index is 13.5. The molecular formula is C22H26N2O8. The second kappa shape index (κ2) is 9.29. The minimum atomic E-state index is -2.03. The van der Waals surface area contributed by atoms with Crippen LogP contribution in [0.15, 0.2) is 23.5 Å². The zero-order valence-electron chi connectivity index (χ0n) is 18.5. The van der Waals surface area contributed by atoms with Gasteiger partial charge < -0.3 is 28.4 Å². The summed E-state index contributed by atoms with van der Waals surface area (Å²) < 4.78 is 33.9. The van der Waals surface area contributed by atoms with Crippen LogP contribution in [-0.2, 0) is 38.0 Å². The number of carbonyl (C=O) groups is 2. The van der Waals surface area contributed by atoms with Crippen molar-refractivity contribution in [2.75, 3.05) is 26.4 Å². The van der Waals surface area contributed by atoms with E-state index in [9.17, 15) is 20.1 Å². The van der Waals surface area contributed by atoms with Gasteiger partial charge in [0.25, 0.3) is 0 Å². The molecule has 2 bridgehead atoms. The first kappa shape index (κ1) is 23.7. The first-order chi connectivity index (χ1) is 15.4. The van der Waals surface area contributed by atoms with Crippen LogP contribution in [0.4, 0.5) is 0 Å². The Kier molecular flexibility index (Phi) is 6.89. The molecule has 10 nitrogen and oxygen atoms in total. The van der Waals surface area contributed by atoms with Gasteiger partial charge in [0.05, 0.1) is 25.0 Å². The fraction of sp³-hybridized carbons (Fsp3) is 0.636. The Morgan fingerprint density at radius 3 is 2.22 bits per heavy atom. The van der Waals surface area contributed by atoms with Gasteiger partial charge in [-0.2, -0.15) is 10.5 Å². The van der Waals surface area contributed by atoms with Crippen molar-refractivity contribution in [1.82, 2.24) is 0 Å². The van der Waals surface area contributed by atoms with E-state index in [0.717, 1.165) is 0 Å². The number of rotatable bonds is 8. The second-order valence-electron chi connectivity index (χ2n) is 7.31. The molecule has 1 fully saturated rings. The molecule has 0 amide bonds. The highest BCUT2D eigenvalue weighted by molar-refractivity contribution is 5.93. The Balaban J connectivity index is 2.36. The van der Waals surface area contributed by atoms with Gasteiger partial charge >= 0.3 is 11.9 Å². The summed E-state index contributed by atoms with van der Waals surface area (Å²) in [5.74, 6) is -3.51. The molecule has 4 aliphatic rings.